The summed E-state index contributed by atoms with van der Waals surface area (Å²) in [5, 5.41) is 0. The van der Waals surface area contributed by atoms with Crippen LogP contribution in [-0.2, 0) is 0 Å². The highest BCUT2D eigenvalue weighted by molar-refractivity contribution is 5.74. The molecule has 0 fully saturated rings. The number of fused-ring (bicyclic) bond motifs is 1. The van der Waals surface area contributed by atoms with Crippen LogP contribution in [0.5, 0.6) is 11.5 Å². The first-order valence-electron chi connectivity index (χ1n) is 6.51. The zero-order chi connectivity index (χ0) is 13.9. The lowest BCUT2D eigenvalue weighted by molar-refractivity contribution is 0.217. The zero-order valence-corrected chi connectivity index (χ0v) is 11.5. The van der Waals surface area contributed by atoms with Crippen molar-refractivity contribution in [2.24, 2.45) is 0 Å². The predicted octanol–water partition coefficient (Wildman–Crippen LogP) is 3.71. The Morgan fingerprint density at radius 1 is 1.05 bits per heavy atom. The molecule has 0 spiro atoms. The lowest BCUT2D eigenvalue weighted by Crippen LogP contribution is -2.05. The van der Waals surface area contributed by atoms with Crippen molar-refractivity contribution in [2.45, 2.75) is 13.0 Å². The first-order chi connectivity index (χ1) is 9.76. The molecule has 4 heteroatoms. The van der Waals surface area contributed by atoms with E-state index in [1.165, 1.54) is 0 Å². The number of benzene rings is 2. The van der Waals surface area contributed by atoms with Crippen molar-refractivity contribution in [2.75, 3.05) is 7.11 Å². The Morgan fingerprint density at radius 2 is 1.85 bits per heavy atom. The van der Waals surface area contributed by atoms with Crippen LogP contribution in [0.4, 0.5) is 0 Å². The molecule has 102 valence electrons. The fourth-order valence-corrected chi connectivity index (χ4v) is 2.10. The Labute approximate surface area is 117 Å². The number of aromatic amines is 1. The molecule has 1 atom stereocenters. The largest absolute Gasteiger partial charge is 0.497 e. The minimum absolute atomic E-state index is 0.158. The van der Waals surface area contributed by atoms with E-state index in [1.54, 1.807) is 7.11 Å². The summed E-state index contributed by atoms with van der Waals surface area (Å²) in [6.45, 7) is 1.97. The second-order valence-electron chi connectivity index (χ2n) is 4.58. The van der Waals surface area contributed by atoms with Crippen molar-refractivity contribution in [1.82, 2.24) is 9.97 Å². The number of nitrogens with one attached hydrogen (secondary N) is 1. The van der Waals surface area contributed by atoms with Gasteiger partial charge in [0.1, 0.15) is 17.3 Å². The quantitative estimate of drug-likeness (QED) is 0.784. The highest BCUT2D eigenvalue weighted by atomic mass is 16.5. The summed E-state index contributed by atoms with van der Waals surface area (Å²) in [6.07, 6.45) is -0.158. The standard InChI is InChI=1S/C16H16N2O2/c1-11(20-13-7-5-6-12(10-13)19-2)16-17-14-8-3-4-9-15(14)18-16/h3-11H,1-2H3,(H,17,18)/t11-/m1/s1. The molecule has 0 aliphatic heterocycles. The molecule has 4 nitrogen and oxygen atoms in total. The van der Waals surface area contributed by atoms with Gasteiger partial charge >= 0.3 is 0 Å². The van der Waals surface area contributed by atoms with Gasteiger partial charge in [0.15, 0.2) is 6.10 Å². The molecule has 3 rings (SSSR count). The highest BCUT2D eigenvalue weighted by Gasteiger charge is 2.12. The van der Waals surface area contributed by atoms with E-state index in [4.69, 9.17) is 9.47 Å². The van der Waals surface area contributed by atoms with Gasteiger partial charge in [-0.15, -0.1) is 0 Å². The summed E-state index contributed by atoms with van der Waals surface area (Å²) in [5.41, 5.74) is 1.96. The molecule has 0 amide bonds. The number of imidazole rings is 1. The monoisotopic (exact) mass is 268 g/mol. The number of hydrogen-bond acceptors (Lipinski definition) is 3. The van der Waals surface area contributed by atoms with E-state index >= 15 is 0 Å². The van der Waals surface area contributed by atoms with Crippen molar-refractivity contribution in [3.05, 3.63) is 54.4 Å². The highest BCUT2D eigenvalue weighted by Crippen LogP contribution is 2.25. The second kappa shape index (κ2) is 5.25. The lowest BCUT2D eigenvalue weighted by Gasteiger charge is -2.13. The fourth-order valence-electron chi connectivity index (χ4n) is 2.10. The molecular formula is C16H16N2O2. The van der Waals surface area contributed by atoms with Crippen LogP contribution >= 0.6 is 0 Å². The van der Waals surface area contributed by atoms with Gasteiger partial charge in [0.25, 0.3) is 0 Å². The van der Waals surface area contributed by atoms with Crippen molar-refractivity contribution >= 4 is 11.0 Å². The van der Waals surface area contributed by atoms with Crippen LogP contribution in [0.15, 0.2) is 48.5 Å². The maximum absolute atomic E-state index is 5.90. The van der Waals surface area contributed by atoms with Gasteiger partial charge in [-0.05, 0) is 31.2 Å². The molecular weight excluding hydrogens is 252 g/mol. The smallest absolute Gasteiger partial charge is 0.153 e. The molecule has 0 unspecified atom stereocenters. The molecule has 1 aromatic heterocycles. The van der Waals surface area contributed by atoms with E-state index < -0.39 is 0 Å². The number of methoxy groups -OCH3 is 1. The average Bonchev–Trinajstić information content (AvgIpc) is 2.91. The number of H-pyrrole nitrogens is 1. The molecule has 0 aliphatic carbocycles. The average molecular weight is 268 g/mol. The number of ether oxygens (including phenoxy) is 2. The molecule has 1 heterocycles. The predicted molar refractivity (Wildman–Crippen MR) is 78.1 cm³/mol. The molecule has 3 aromatic rings. The third-order valence-electron chi connectivity index (χ3n) is 3.15. The summed E-state index contributed by atoms with van der Waals surface area (Å²) >= 11 is 0. The van der Waals surface area contributed by atoms with Crippen LogP contribution in [0.2, 0.25) is 0 Å². The normalized spacial score (nSPS) is 12.3. The number of hydrogen-bond donors (Lipinski definition) is 1. The van der Waals surface area contributed by atoms with E-state index in [0.717, 1.165) is 28.4 Å². The van der Waals surface area contributed by atoms with E-state index in [2.05, 4.69) is 9.97 Å². The van der Waals surface area contributed by atoms with Crippen LogP contribution in [0.1, 0.15) is 18.9 Å². The van der Waals surface area contributed by atoms with E-state index in [1.807, 2.05) is 55.5 Å². The van der Waals surface area contributed by atoms with Crippen LogP contribution in [0.3, 0.4) is 0 Å². The summed E-state index contributed by atoms with van der Waals surface area (Å²) in [5.74, 6) is 2.35. The number of rotatable bonds is 4. The van der Waals surface area contributed by atoms with Crippen LogP contribution in [-0.4, -0.2) is 17.1 Å². The summed E-state index contributed by atoms with van der Waals surface area (Å²) in [4.78, 5) is 7.82. The van der Waals surface area contributed by atoms with Crippen molar-refractivity contribution in [3.8, 4) is 11.5 Å². The minimum Gasteiger partial charge on any atom is -0.497 e. The minimum atomic E-state index is -0.158. The summed E-state index contributed by atoms with van der Waals surface area (Å²) in [7, 11) is 1.64. The van der Waals surface area contributed by atoms with Crippen molar-refractivity contribution in [1.29, 1.82) is 0 Å². The van der Waals surface area contributed by atoms with Gasteiger partial charge in [0.2, 0.25) is 0 Å². The number of nitrogens with zero attached hydrogens (tertiary/aromatic N) is 1. The Morgan fingerprint density at radius 3 is 2.65 bits per heavy atom. The maximum atomic E-state index is 5.90. The SMILES string of the molecule is COc1cccc(O[C@H](C)c2nc3ccccc3[nH]2)c1. The third-order valence-corrected chi connectivity index (χ3v) is 3.15. The molecule has 0 radical (unpaired) electrons. The van der Waals surface area contributed by atoms with Gasteiger partial charge < -0.3 is 14.5 Å². The first-order valence-corrected chi connectivity index (χ1v) is 6.51. The maximum Gasteiger partial charge on any atom is 0.153 e. The molecule has 0 saturated heterocycles. The van der Waals surface area contributed by atoms with Crippen LogP contribution in [0, 0.1) is 0 Å². The molecule has 20 heavy (non-hydrogen) atoms. The summed E-state index contributed by atoms with van der Waals surface area (Å²) < 4.78 is 11.1. The Balaban J connectivity index is 1.82. The Kier molecular flexibility index (Phi) is 3.29. The van der Waals surface area contributed by atoms with Gasteiger partial charge in [-0.1, -0.05) is 18.2 Å². The van der Waals surface area contributed by atoms with Crippen molar-refractivity contribution < 1.29 is 9.47 Å². The van der Waals surface area contributed by atoms with Gasteiger partial charge in [0, 0.05) is 6.07 Å². The number of para-hydroxylation sites is 2. The van der Waals surface area contributed by atoms with E-state index in [9.17, 15) is 0 Å². The van der Waals surface area contributed by atoms with Gasteiger partial charge in [-0.2, -0.15) is 0 Å². The second-order valence-corrected chi connectivity index (χ2v) is 4.58. The molecule has 2 aromatic carbocycles. The first kappa shape index (κ1) is 12.5. The van der Waals surface area contributed by atoms with Crippen LogP contribution in [0.25, 0.3) is 11.0 Å². The lowest BCUT2D eigenvalue weighted by atomic mass is 10.3. The van der Waals surface area contributed by atoms with Crippen LogP contribution < -0.4 is 9.47 Å². The van der Waals surface area contributed by atoms with Gasteiger partial charge in [-0.25, -0.2) is 4.98 Å². The van der Waals surface area contributed by atoms with Gasteiger partial charge in [-0.3, -0.25) is 0 Å². The molecule has 0 saturated carbocycles. The third kappa shape index (κ3) is 2.45. The molecule has 0 aliphatic rings. The molecule has 1 N–H and O–H groups in total. The number of aromatic nitrogens is 2. The zero-order valence-electron chi connectivity index (χ0n) is 11.5. The van der Waals surface area contributed by atoms with E-state index in [0.29, 0.717) is 0 Å². The fraction of sp³-hybridized carbons (Fsp3) is 0.188. The molecule has 0 bridgehead atoms. The van der Waals surface area contributed by atoms with Gasteiger partial charge in [0.05, 0.1) is 18.1 Å². The summed E-state index contributed by atoms with van der Waals surface area (Å²) in [6, 6.07) is 15.5. The Hall–Kier alpha value is -2.49. The van der Waals surface area contributed by atoms with E-state index in [-0.39, 0.29) is 6.10 Å². The van der Waals surface area contributed by atoms with Crippen molar-refractivity contribution in [3.63, 3.8) is 0 Å². The Bertz CT molecular complexity index is 688. The topological polar surface area (TPSA) is 47.1 Å².